The standard InChI is InChI=1S/C49H78N6O9/c1-14-32(6)43(54(10)48(59)41(30(2)3)52-47(58)42(31(4)5)53(9)29-36-22-24-50-25-23-36)39(62-11)28-40(56)55-26-18-21-38(55)45(64-13)33(7)44(63-12)34(8)46(57)51-37(49(60)61)27-35-19-16-15-17-20-35/h15-17,19-20,22-25,30-34,37-39,41-45H,14,18,21,26-29H2,1-13H3,(H,51,57)(H,52,58)(H,60,61)/t32-,33-,34+,37-,38-,39+,41-,42-,43-,44-,45+/m0/s1. The van der Waals surface area contributed by atoms with Crippen molar-refractivity contribution in [2.45, 2.75) is 143 Å². The Kier molecular flexibility index (Phi) is 21.8. The Hall–Kier alpha value is -4.44. The first-order valence-corrected chi connectivity index (χ1v) is 22.9. The number of aromatic nitrogens is 1. The van der Waals surface area contributed by atoms with Gasteiger partial charge < -0.3 is 39.8 Å². The van der Waals surface area contributed by atoms with Gasteiger partial charge in [0.25, 0.3) is 0 Å². The van der Waals surface area contributed by atoms with E-state index in [2.05, 4.69) is 15.6 Å². The van der Waals surface area contributed by atoms with Gasteiger partial charge in [-0.2, -0.15) is 0 Å². The molecule has 4 amide bonds. The molecule has 0 spiro atoms. The van der Waals surface area contributed by atoms with Crippen LogP contribution in [0.15, 0.2) is 54.9 Å². The number of carbonyl (C=O) groups excluding carboxylic acids is 4. The van der Waals surface area contributed by atoms with Gasteiger partial charge in [0.1, 0.15) is 12.1 Å². The van der Waals surface area contributed by atoms with Crippen molar-refractivity contribution in [3.63, 3.8) is 0 Å². The minimum atomic E-state index is -1.13. The van der Waals surface area contributed by atoms with Gasteiger partial charge in [-0.1, -0.05) is 92.1 Å². The normalized spacial score (nSPS) is 18.9. The SMILES string of the molecule is CC[C@H](C)[C@@H]([C@@H](CC(=O)N1CCC[C@H]1[C@H](OC)[C@@H](C)[C@H](OC)[C@@H](C)C(=O)N[C@@H](Cc1ccccc1)C(=O)O)OC)N(C)C(=O)[C@@H](NC(=O)[C@H](C(C)C)N(C)Cc1ccncc1)C(C)C. The number of nitrogens with one attached hydrogen (secondary N) is 2. The Morgan fingerprint density at radius 3 is 2.02 bits per heavy atom. The van der Waals surface area contributed by atoms with Gasteiger partial charge in [0.2, 0.25) is 23.6 Å². The van der Waals surface area contributed by atoms with Gasteiger partial charge in [0.05, 0.1) is 48.8 Å². The first-order valence-electron chi connectivity index (χ1n) is 22.9. The lowest BCUT2D eigenvalue weighted by Crippen LogP contribution is -2.60. The third-order valence-corrected chi connectivity index (χ3v) is 13.3. The van der Waals surface area contributed by atoms with Crippen molar-refractivity contribution in [3.8, 4) is 0 Å². The average molecular weight is 895 g/mol. The second kappa shape index (κ2) is 25.9. The van der Waals surface area contributed by atoms with Crippen LogP contribution in [0.5, 0.6) is 0 Å². The Morgan fingerprint density at radius 2 is 1.48 bits per heavy atom. The van der Waals surface area contributed by atoms with Gasteiger partial charge in [0.15, 0.2) is 0 Å². The number of rotatable bonds is 26. The Morgan fingerprint density at radius 1 is 0.844 bits per heavy atom. The highest BCUT2D eigenvalue weighted by molar-refractivity contribution is 5.90. The number of methoxy groups -OCH3 is 3. The van der Waals surface area contributed by atoms with Crippen molar-refractivity contribution in [3.05, 3.63) is 66.0 Å². The molecule has 0 unspecified atom stereocenters. The number of carboxylic acids is 1. The van der Waals surface area contributed by atoms with E-state index in [1.165, 1.54) is 7.11 Å². The van der Waals surface area contributed by atoms with Gasteiger partial charge in [-0.05, 0) is 60.9 Å². The molecule has 1 saturated heterocycles. The van der Waals surface area contributed by atoms with Gasteiger partial charge >= 0.3 is 5.97 Å². The molecule has 0 aliphatic carbocycles. The quantitative estimate of drug-likeness (QED) is 0.115. The van der Waals surface area contributed by atoms with Crippen LogP contribution in [0.3, 0.4) is 0 Å². The van der Waals surface area contributed by atoms with Gasteiger partial charge in [0, 0.05) is 66.2 Å². The van der Waals surface area contributed by atoms with Gasteiger partial charge in [-0.15, -0.1) is 0 Å². The number of likely N-dealkylation sites (N-methyl/N-ethyl adjacent to an activating group) is 2. The Balaban J connectivity index is 1.79. The molecule has 1 aromatic heterocycles. The summed E-state index contributed by atoms with van der Waals surface area (Å²) in [4.78, 5) is 78.5. The number of hydrogen-bond donors (Lipinski definition) is 3. The molecule has 0 saturated carbocycles. The zero-order chi connectivity index (χ0) is 47.8. The van der Waals surface area contributed by atoms with E-state index in [0.717, 1.165) is 17.5 Å². The Bertz CT molecular complexity index is 1770. The van der Waals surface area contributed by atoms with Crippen LogP contribution in [0.25, 0.3) is 0 Å². The molecule has 0 radical (unpaired) electrons. The first-order chi connectivity index (χ1) is 30.3. The van der Waals surface area contributed by atoms with E-state index in [9.17, 15) is 29.1 Å². The van der Waals surface area contributed by atoms with E-state index < -0.39 is 60.3 Å². The maximum absolute atomic E-state index is 14.6. The molecule has 358 valence electrons. The summed E-state index contributed by atoms with van der Waals surface area (Å²) in [5.41, 5.74) is 1.81. The molecule has 2 aromatic rings. The Labute approximate surface area is 382 Å². The first kappa shape index (κ1) is 53.9. The lowest BCUT2D eigenvalue weighted by molar-refractivity contribution is -0.149. The highest BCUT2D eigenvalue weighted by atomic mass is 16.5. The second-order valence-corrected chi connectivity index (χ2v) is 18.4. The number of ether oxygens (including phenoxy) is 3. The van der Waals surface area contributed by atoms with E-state index >= 15 is 0 Å². The molecule has 3 N–H and O–H groups in total. The smallest absolute Gasteiger partial charge is 0.326 e. The van der Waals surface area contributed by atoms with Crippen molar-refractivity contribution in [2.75, 3.05) is 42.0 Å². The number of carbonyl (C=O) groups is 5. The fourth-order valence-corrected chi connectivity index (χ4v) is 9.61. The minimum absolute atomic E-state index is 0.00285. The molecule has 0 bridgehead atoms. The molecule has 3 rings (SSSR count). The van der Waals surface area contributed by atoms with Crippen LogP contribution in [0.2, 0.25) is 0 Å². The van der Waals surface area contributed by atoms with Gasteiger partial charge in [-0.25, -0.2) is 4.79 Å². The van der Waals surface area contributed by atoms with Crippen LogP contribution >= 0.6 is 0 Å². The molecule has 1 aromatic carbocycles. The lowest BCUT2D eigenvalue weighted by atomic mass is 9.84. The van der Waals surface area contributed by atoms with Crippen molar-refractivity contribution in [1.29, 1.82) is 0 Å². The van der Waals surface area contributed by atoms with Crippen LogP contribution in [0.1, 0.15) is 92.2 Å². The number of hydrogen-bond acceptors (Lipinski definition) is 10. The third-order valence-electron chi connectivity index (χ3n) is 13.3. The van der Waals surface area contributed by atoms with Crippen LogP contribution in [0.4, 0.5) is 0 Å². The van der Waals surface area contributed by atoms with Crippen molar-refractivity contribution >= 4 is 29.6 Å². The summed E-state index contributed by atoms with van der Waals surface area (Å²) in [6, 6.07) is 9.69. The molecule has 15 nitrogen and oxygen atoms in total. The summed E-state index contributed by atoms with van der Waals surface area (Å²) in [6.07, 6.45) is 3.86. The summed E-state index contributed by atoms with van der Waals surface area (Å²) in [5, 5.41) is 15.8. The van der Waals surface area contributed by atoms with Crippen LogP contribution in [0, 0.1) is 29.6 Å². The van der Waals surface area contributed by atoms with E-state index in [0.29, 0.717) is 25.9 Å². The van der Waals surface area contributed by atoms with Crippen LogP contribution in [-0.4, -0.2) is 145 Å². The topological polar surface area (TPSA) is 180 Å². The second-order valence-electron chi connectivity index (χ2n) is 18.4. The van der Waals surface area contributed by atoms with Crippen molar-refractivity contribution < 1.29 is 43.3 Å². The predicted octanol–water partition coefficient (Wildman–Crippen LogP) is 5.06. The number of amides is 4. The van der Waals surface area contributed by atoms with E-state index in [-0.39, 0.29) is 60.3 Å². The number of likely N-dealkylation sites (tertiary alicyclic amines) is 1. The number of benzene rings is 1. The minimum Gasteiger partial charge on any atom is -0.480 e. The summed E-state index contributed by atoms with van der Waals surface area (Å²) >= 11 is 0. The molecule has 11 atom stereocenters. The van der Waals surface area contributed by atoms with Crippen molar-refractivity contribution in [1.82, 2.24) is 30.3 Å². The summed E-state index contributed by atoms with van der Waals surface area (Å²) in [6.45, 7) is 16.6. The average Bonchev–Trinajstić information content (AvgIpc) is 3.75. The number of nitrogens with zero attached hydrogens (tertiary/aromatic N) is 4. The molecule has 1 aliphatic rings. The largest absolute Gasteiger partial charge is 0.480 e. The molecule has 64 heavy (non-hydrogen) atoms. The predicted molar refractivity (Wildman–Crippen MR) is 247 cm³/mol. The monoisotopic (exact) mass is 895 g/mol. The summed E-state index contributed by atoms with van der Waals surface area (Å²) in [5.74, 6) is -3.67. The van der Waals surface area contributed by atoms with E-state index in [1.807, 2.05) is 108 Å². The summed E-state index contributed by atoms with van der Waals surface area (Å²) < 4.78 is 18.2. The van der Waals surface area contributed by atoms with Gasteiger partial charge in [-0.3, -0.25) is 29.1 Å². The van der Waals surface area contributed by atoms with E-state index in [1.54, 1.807) is 45.5 Å². The highest BCUT2D eigenvalue weighted by Gasteiger charge is 2.45. The lowest BCUT2D eigenvalue weighted by Gasteiger charge is -2.41. The van der Waals surface area contributed by atoms with Crippen LogP contribution < -0.4 is 10.6 Å². The molecule has 15 heteroatoms. The maximum Gasteiger partial charge on any atom is 0.326 e. The van der Waals surface area contributed by atoms with Crippen LogP contribution in [-0.2, 0) is 51.1 Å². The molecule has 2 heterocycles. The highest BCUT2D eigenvalue weighted by Crippen LogP contribution is 2.33. The number of pyridine rings is 1. The number of carboxylic acid groups (broad SMARTS) is 1. The third kappa shape index (κ3) is 14.3. The van der Waals surface area contributed by atoms with E-state index in [4.69, 9.17) is 14.2 Å². The fraction of sp³-hybridized carbons (Fsp3) is 0.673. The number of aliphatic carboxylic acids is 1. The zero-order valence-electron chi connectivity index (χ0n) is 40.7. The molecular weight excluding hydrogens is 817 g/mol. The fourth-order valence-electron chi connectivity index (χ4n) is 9.61. The maximum atomic E-state index is 14.6. The summed E-state index contributed by atoms with van der Waals surface area (Å²) in [7, 11) is 8.31. The molecular formula is C49H78N6O9. The zero-order valence-corrected chi connectivity index (χ0v) is 40.7. The molecule has 1 fully saturated rings. The van der Waals surface area contributed by atoms with Crippen molar-refractivity contribution in [2.24, 2.45) is 29.6 Å². The molecule has 1 aliphatic heterocycles.